The van der Waals surface area contributed by atoms with Crippen molar-refractivity contribution in [3.63, 3.8) is 0 Å². The maximum atomic E-state index is 12.8. The number of amides is 1. The van der Waals surface area contributed by atoms with Gasteiger partial charge in [-0.1, -0.05) is 75.2 Å². The zero-order valence-electron chi connectivity index (χ0n) is 16.9. The van der Waals surface area contributed by atoms with Gasteiger partial charge in [0, 0.05) is 17.2 Å². The fourth-order valence-corrected chi connectivity index (χ4v) is 3.85. The summed E-state index contributed by atoms with van der Waals surface area (Å²) >= 11 is 0. The molecule has 2 aromatic rings. The van der Waals surface area contributed by atoms with E-state index in [9.17, 15) is 14.4 Å². The van der Waals surface area contributed by atoms with Crippen LogP contribution in [0.4, 0.5) is 0 Å². The van der Waals surface area contributed by atoms with Gasteiger partial charge in [-0.05, 0) is 24.3 Å². The van der Waals surface area contributed by atoms with Crippen LogP contribution >= 0.6 is 0 Å². The van der Waals surface area contributed by atoms with Gasteiger partial charge in [-0.15, -0.1) is 0 Å². The molecule has 0 saturated heterocycles. The molecule has 0 spiro atoms. The predicted octanol–water partition coefficient (Wildman–Crippen LogP) is 4.02. The summed E-state index contributed by atoms with van der Waals surface area (Å²) < 4.78 is 5.22. The van der Waals surface area contributed by atoms with Crippen LogP contribution in [0.3, 0.4) is 0 Å². The Morgan fingerprint density at radius 2 is 1.59 bits per heavy atom. The van der Waals surface area contributed by atoms with E-state index in [0.29, 0.717) is 17.4 Å². The van der Waals surface area contributed by atoms with Gasteiger partial charge < -0.3 is 10.1 Å². The van der Waals surface area contributed by atoms with Crippen molar-refractivity contribution in [3.8, 4) is 0 Å². The first-order valence-electron chi connectivity index (χ1n) is 10.1. The van der Waals surface area contributed by atoms with E-state index in [4.69, 9.17) is 4.74 Å². The Labute approximate surface area is 171 Å². The van der Waals surface area contributed by atoms with Crippen LogP contribution < -0.4 is 5.32 Å². The minimum atomic E-state index is -0.676. The molecule has 29 heavy (non-hydrogen) atoms. The van der Waals surface area contributed by atoms with Gasteiger partial charge in [0.2, 0.25) is 0 Å². The highest BCUT2D eigenvalue weighted by molar-refractivity contribution is 6.14. The summed E-state index contributed by atoms with van der Waals surface area (Å²) in [7, 11) is 0. The number of hydrogen-bond acceptors (Lipinski definition) is 4. The van der Waals surface area contributed by atoms with Gasteiger partial charge in [-0.2, -0.15) is 0 Å². The lowest BCUT2D eigenvalue weighted by Crippen LogP contribution is -2.45. The Bertz CT molecular complexity index is 877. The quantitative estimate of drug-likeness (QED) is 0.594. The van der Waals surface area contributed by atoms with Gasteiger partial charge >= 0.3 is 5.97 Å². The van der Waals surface area contributed by atoms with E-state index in [1.54, 1.807) is 48.5 Å². The Hall–Kier alpha value is -2.95. The van der Waals surface area contributed by atoms with E-state index in [1.165, 1.54) is 6.42 Å². The number of hydrogen-bond donors (Lipinski definition) is 1. The highest BCUT2D eigenvalue weighted by atomic mass is 16.5. The number of rotatable bonds is 6. The minimum absolute atomic E-state index is 0.108. The number of benzene rings is 2. The van der Waals surface area contributed by atoms with E-state index < -0.39 is 5.97 Å². The summed E-state index contributed by atoms with van der Waals surface area (Å²) in [6.45, 7) is 3.99. The molecule has 0 aliphatic heterocycles. The molecule has 3 atom stereocenters. The van der Waals surface area contributed by atoms with Crippen molar-refractivity contribution in [1.82, 2.24) is 5.32 Å². The summed E-state index contributed by atoms with van der Waals surface area (Å²) in [6.07, 6.45) is 3.21. The summed E-state index contributed by atoms with van der Waals surface area (Å²) in [6, 6.07) is 15.4. The molecule has 1 aliphatic carbocycles. The first kappa shape index (κ1) is 20.8. The van der Waals surface area contributed by atoms with Crippen LogP contribution in [0, 0.1) is 11.8 Å². The van der Waals surface area contributed by atoms with Crippen LogP contribution in [0.5, 0.6) is 0 Å². The first-order chi connectivity index (χ1) is 14.0. The zero-order valence-corrected chi connectivity index (χ0v) is 16.9. The smallest absolute Gasteiger partial charge is 0.339 e. The van der Waals surface area contributed by atoms with Crippen LogP contribution in [-0.4, -0.2) is 30.3 Å². The Balaban J connectivity index is 1.63. The highest BCUT2D eigenvalue weighted by Crippen LogP contribution is 2.29. The third-order valence-corrected chi connectivity index (χ3v) is 5.82. The first-order valence-corrected chi connectivity index (χ1v) is 10.1. The van der Waals surface area contributed by atoms with Gasteiger partial charge in [0.1, 0.15) is 0 Å². The van der Waals surface area contributed by atoms with E-state index in [1.807, 2.05) is 6.07 Å². The molecule has 1 N–H and O–H groups in total. The van der Waals surface area contributed by atoms with Gasteiger partial charge in [0.25, 0.3) is 5.91 Å². The molecule has 1 fully saturated rings. The monoisotopic (exact) mass is 393 g/mol. The molecule has 1 amide bonds. The summed E-state index contributed by atoms with van der Waals surface area (Å²) in [5.41, 5.74) is 0.915. The second kappa shape index (κ2) is 9.50. The molecule has 0 bridgehead atoms. The summed E-state index contributed by atoms with van der Waals surface area (Å²) in [4.78, 5) is 37.6. The van der Waals surface area contributed by atoms with E-state index in [-0.39, 0.29) is 35.5 Å². The van der Waals surface area contributed by atoms with Crippen molar-refractivity contribution in [2.75, 3.05) is 6.61 Å². The molecule has 1 aliphatic rings. The van der Waals surface area contributed by atoms with Gasteiger partial charge in [-0.25, -0.2) is 4.79 Å². The second-order valence-electron chi connectivity index (χ2n) is 7.76. The van der Waals surface area contributed by atoms with Crippen LogP contribution in [0.2, 0.25) is 0 Å². The average molecular weight is 393 g/mol. The lowest BCUT2D eigenvalue weighted by molar-refractivity contribution is -0.125. The number of ketones is 1. The van der Waals surface area contributed by atoms with Crippen LogP contribution in [0.25, 0.3) is 0 Å². The van der Waals surface area contributed by atoms with Crippen LogP contribution in [0.1, 0.15) is 59.4 Å². The van der Waals surface area contributed by atoms with Crippen molar-refractivity contribution >= 4 is 17.7 Å². The molecule has 152 valence electrons. The topological polar surface area (TPSA) is 72.5 Å². The second-order valence-corrected chi connectivity index (χ2v) is 7.76. The maximum Gasteiger partial charge on any atom is 0.339 e. The molecule has 5 nitrogen and oxygen atoms in total. The number of nitrogens with one attached hydrogen (secondary N) is 1. The molecule has 0 radical (unpaired) electrons. The lowest BCUT2D eigenvalue weighted by atomic mass is 9.78. The number of ether oxygens (including phenoxy) is 1. The molecular weight excluding hydrogens is 366 g/mol. The lowest BCUT2D eigenvalue weighted by Gasteiger charge is -2.34. The Morgan fingerprint density at radius 1 is 0.931 bits per heavy atom. The summed E-state index contributed by atoms with van der Waals surface area (Å²) in [5.74, 6) is -0.283. The van der Waals surface area contributed by atoms with Crippen molar-refractivity contribution in [2.45, 2.75) is 39.2 Å². The van der Waals surface area contributed by atoms with Crippen molar-refractivity contribution in [1.29, 1.82) is 0 Å². The van der Waals surface area contributed by atoms with Gasteiger partial charge in [0.05, 0.1) is 5.56 Å². The highest BCUT2D eigenvalue weighted by Gasteiger charge is 2.28. The zero-order chi connectivity index (χ0) is 20.8. The fraction of sp³-hybridized carbons (Fsp3) is 0.375. The standard InChI is InChI=1S/C24H27NO4/c1-16-9-8-14-21(17(16)2)25-22(26)15-29-24(28)20-13-7-6-12-19(20)23(27)18-10-4-3-5-11-18/h3-7,10-13,16-17,21H,8-9,14-15H2,1-2H3,(H,25,26)/t16-,17+,21+/m0/s1. The fourth-order valence-electron chi connectivity index (χ4n) is 3.85. The third kappa shape index (κ3) is 5.11. The molecule has 2 aromatic carbocycles. The van der Waals surface area contributed by atoms with E-state index >= 15 is 0 Å². The Morgan fingerprint density at radius 3 is 2.31 bits per heavy atom. The van der Waals surface area contributed by atoms with E-state index in [2.05, 4.69) is 19.2 Å². The van der Waals surface area contributed by atoms with E-state index in [0.717, 1.165) is 12.8 Å². The predicted molar refractivity (Wildman–Crippen MR) is 111 cm³/mol. The molecule has 1 saturated carbocycles. The molecule has 3 rings (SSSR count). The van der Waals surface area contributed by atoms with Crippen molar-refractivity contribution in [2.24, 2.45) is 11.8 Å². The minimum Gasteiger partial charge on any atom is -0.452 e. The molecule has 0 aromatic heterocycles. The molecular formula is C24H27NO4. The number of esters is 1. The normalized spacial score (nSPS) is 21.2. The SMILES string of the molecule is C[C@@H]1[C@@H](C)CCC[C@H]1NC(=O)COC(=O)c1ccccc1C(=O)c1ccccc1. The summed E-state index contributed by atoms with van der Waals surface area (Å²) in [5, 5.41) is 2.99. The average Bonchev–Trinajstić information content (AvgIpc) is 2.75. The van der Waals surface area contributed by atoms with Gasteiger partial charge in [0.15, 0.2) is 12.4 Å². The van der Waals surface area contributed by atoms with Crippen molar-refractivity contribution in [3.05, 3.63) is 71.3 Å². The maximum absolute atomic E-state index is 12.8. The Kier molecular flexibility index (Phi) is 6.81. The third-order valence-electron chi connectivity index (χ3n) is 5.82. The number of carbonyl (C=O) groups excluding carboxylic acids is 3. The number of carbonyl (C=O) groups is 3. The largest absolute Gasteiger partial charge is 0.452 e. The molecule has 5 heteroatoms. The van der Waals surface area contributed by atoms with Crippen molar-refractivity contribution < 1.29 is 19.1 Å². The molecule has 0 heterocycles. The van der Waals surface area contributed by atoms with Gasteiger partial charge in [-0.3, -0.25) is 9.59 Å². The molecule has 0 unspecified atom stereocenters. The van der Waals surface area contributed by atoms with Crippen LogP contribution in [0.15, 0.2) is 54.6 Å². The van der Waals surface area contributed by atoms with Crippen LogP contribution in [-0.2, 0) is 9.53 Å².